The van der Waals surface area contributed by atoms with Crippen molar-refractivity contribution in [1.82, 2.24) is 5.32 Å². The molecule has 1 amide bonds. The lowest BCUT2D eigenvalue weighted by molar-refractivity contribution is -0.121. The Hall–Kier alpha value is -1.11. The Balaban J connectivity index is 2.55. The van der Waals surface area contributed by atoms with Crippen LogP contribution in [0.2, 0.25) is 5.02 Å². The van der Waals surface area contributed by atoms with E-state index in [9.17, 15) is 13.2 Å². The number of carbonyl (C=O) groups excluding carboxylic acids is 1. The van der Waals surface area contributed by atoms with Crippen LogP contribution in [0.15, 0.2) is 29.2 Å². The number of sulfone groups is 1. The van der Waals surface area contributed by atoms with Crippen LogP contribution in [0.25, 0.3) is 0 Å². The van der Waals surface area contributed by atoms with Crippen LogP contribution in [0, 0.1) is 0 Å². The van der Waals surface area contributed by atoms with Crippen LogP contribution in [0.4, 0.5) is 0 Å². The number of methoxy groups -OCH3 is 1. The van der Waals surface area contributed by atoms with Crippen LogP contribution >= 0.6 is 11.6 Å². The number of carbonyl (C=O) groups is 1. The van der Waals surface area contributed by atoms with Crippen molar-refractivity contribution in [2.24, 2.45) is 0 Å². The van der Waals surface area contributed by atoms with Crippen LogP contribution in [-0.2, 0) is 19.4 Å². The van der Waals surface area contributed by atoms with Crippen LogP contribution in [0.1, 0.15) is 13.3 Å². The minimum absolute atomic E-state index is 0.0843. The zero-order chi connectivity index (χ0) is 15.2. The number of hydrogen-bond donors (Lipinski definition) is 1. The Kier molecular flexibility index (Phi) is 6.45. The predicted molar refractivity (Wildman–Crippen MR) is 77.6 cm³/mol. The highest BCUT2D eigenvalue weighted by Gasteiger charge is 2.17. The van der Waals surface area contributed by atoms with Crippen molar-refractivity contribution >= 4 is 27.3 Å². The lowest BCUT2D eigenvalue weighted by Gasteiger charge is -2.12. The maximum absolute atomic E-state index is 12.0. The highest BCUT2D eigenvalue weighted by atomic mass is 35.5. The summed E-state index contributed by atoms with van der Waals surface area (Å²) in [7, 11) is -1.94. The molecule has 0 bridgehead atoms. The molecule has 0 aliphatic heterocycles. The molecule has 0 aliphatic carbocycles. The molecule has 0 spiro atoms. The van der Waals surface area contributed by atoms with E-state index in [0.717, 1.165) is 0 Å². The first-order chi connectivity index (χ1) is 9.35. The third kappa shape index (κ3) is 5.48. The molecule has 112 valence electrons. The summed E-state index contributed by atoms with van der Waals surface area (Å²) in [5.41, 5.74) is 0. The van der Waals surface area contributed by atoms with Gasteiger partial charge in [-0.15, -0.1) is 0 Å². The minimum atomic E-state index is -3.47. The van der Waals surface area contributed by atoms with Gasteiger partial charge in [0, 0.05) is 24.6 Å². The molecule has 0 heterocycles. The Bertz CT molecular complexity index is 542. The molecular formula is C13H18ClNO4S. The third-order valence-corrected chi connectivity index (χ3v) is 4.58. The molecule has 7 heteroatoms. The summed E-state index contributed by atoms with van der Waals surface area (Å²) in [5.74, 6) is -0.549. The number of ether oxygens (including phenoxy) is 1. The molecule has 1 aromatic rings. The summed E-state index contributed by atoms with van der Waals surface area (Å²) < 4.78 is 28.9. The fraction of sp³-hybridized carbons (Fsp3) is 0.462. The van der Waals surface area contributed by atoms with E-state index >= 15 is 0 Å². The van der Waals surface area contributed by atoms with Gasteiger partial charge in [0.2, 0.25) is 5.91 Å². The van der Waals surface area contributed by atoms with Crippen molar-refractivity contribution < 1.29 is 17.9 Å². The van der Waals surface area contributed by atoms with E-state index in [1.165, 1.54) is 31.4 Å². The van der Waals surface area contributed by atoms with E-state index in [1.807, 2.05) is 0 Å². The van der Waals surface area contributed by atoms with Crippen LogP contribution < -0.4 is 5.32 Å². The second-order valence-corrected chi connectivity index (χ2v) is 6.99. The summed E-state index contributed by atoms with van der Waals surface area (Å²) >= 11 is 5.71. The average molecular weight is 320 g/mol. The second kappa shape index (κ2) is 7.61. The number of rotatable bonds is 7. The van der Waals surface area contributed by atoms with Crippen molar-refractivity contribution in [1.29, 1.82) is 0 Å². The summed E-state index contributed by atoms with van der Waals surface area (Å²) in [6, 6.07) is 5.74. The Morgan fingerprint density at radius 3 is 2.50 bits per heavy atom. The maximum atomic E-state index is 12.0. The van der Waals surface area contributed by atoms with Crippen molar-refractivity contribution in [3.8, 4) is 0 Å². The number of halogens is 1. The van der Waals surface area contributed by atoms with Crippen molar-refractivity contribution in [3.05, 3.63) is 29.3 Å². The normalized spacial score (nSPS) is 12.9. The molecule has 0 fully saturated rings. The third-order valence-electron chi connectivity index (χ3n) is 2.59. The van der Waals surface area contributed by atoms with E-state index < -0.39 is 9.84 Å². The fourth-order valence-corrected chi connectivity index (χ4v) is 2.99. The van der Waals surface area contributed by atoms with E-state index in [0.29, 0.717) is 11.6 Å². The lowest BCUT2D eigenvalue weighted by atomic mass is 10.3. The largest absolute Gasteiger partial charge is 0.383 e. The quantitative estimate of drug-likeness (QED) is 0.829. The molecule has 5 nitrogen and oxygen atoms in total. The van der Waals surface area contributed by atoms with Gasteiger partial charge in [-0.1, -0.05) is 11.6 Å². The summed E-state index contributed by atoms with van der Waals surface area (Å²) in [6.45, 7) is 2.17. The molecule has 0 aromatic heterocycles. The maximum Gasteiger partial charge on any atom is 0.221 e. The first-order valence-electron chi connectivity index (χ1n) is 6.12. The molecule has 0 saturated heterocycles. The first kappa shape index (κ1) is 16.9. The molecule has 20 heavy (non-hydrogen) atoms. The molecular weight excluding hydrogens is 302 g/mol. The molecule has 1 aromatic carbocycles. The standard InChI is InChI=1S/C13H18ClNO4S/c1-10(9-19-2)15-13(16)7-8-20(17,18)12-5-3-11(14)4-6-12/h3-6,10H,7-9H2,1-2H3,(H,15,16)/t10-/m1/s1. The molecule has 0 aliphatic rings. The smallest absolute Gasteiger partial charge is 0.221 e. The van der Waals surface area contributed by atoms with Gasteiger partial charge in [-0.25, -0.2) is 8.42 Å². The van der Waals surface area contributed by atoms with E-state index in [-0.39, 0.29) is 29.0 Å². The van der Waals surface area contributed by atoms with Crippen molar-refractivity contribution in [3.63, 3.8) is 0 Å². The van der Waals surface area contributed by atoms with Crippen molar-refractivity contribution in [2.45, 2.75) is 24.3 Å². The minimum Gasteiger partial charge on any atom is -0.383 e. The summed E-state index contributed by atoms with van der Waals surface area (Å²) in [4.78, 5) is 11.8. The van der Waals surface area contributed by atoms with Gasteiger partial charge in [0.05, 0.1) is 17.3 Å². The zero-order valence-corrected chi connectivity index (χ0v) is 13.0. The van der Waals surface area contributed by atoms with Crippen molar-refractivity contribution in [2.75, 3.05) is 19.5 Å². The SMILES string of the molecule is COC[C@@H](C)NC(=O)CCS(=O)(=O)c1ccc(Cl)cc1. The van der Waals surface area contributed by atoms with Crippen LogP contribution in [0.5, 0.6) is 0 Å². The number of amides is 1. The molecule has 1 rings (SSSR count). The lowest BCUT2D eigenvalue weighted by Crippen LogP contribution is -2.36. The molecule has 0 saturated carbocycles. The van der Waals surface area contributed by atoms with Gasteiger partial charge < -0.3 is 10.1 Å². The van der Waals surface area contributed by atoms with Gasteiger partial charge in [0.25, 0.3) is 0 Å². The van der Waals surface area contributed by atoms with Gasteiger partial charge in [-0.05, 0) is 31.2 Å². The summed E-state index contributed by atoms with van der Waals surface area (Å²) in [6.07, 6.45) is -0.0843. The van der Waals surface area contributed by atoms with Crippen LogP contribution in [-0.4, -0.2) is 39.8 Å². The molecule has 1 N–H and O–H groups in total. The van der Waals surface area contributed by atoms with Gasteiger partial charge in [-0.3, -0.25) is 4.79 Å². The topological polar surface area (TPSA) is 72.5 Å². The highest BCUT2D eigenvalue weighted by Crippen LogP contribution is 2.15. The Morgan fingerprint density at radius 2 is 1.95 bits per heavy atom. The number of benzene rings is 1. The molecule has 1 atom stereocenters. The van der Waals surface area contributed by atoms with Crippen LogP contribution in [0.3, 0.4) is 0 Å². The van der Waals surface area contributed by atoms with Gasteiger partial charge in [0.1, 0.15) is 0 Å². The first-order valence-corrected chi connectivity index (χ1v) is 8.15. The van der Waals surface area contributed by atoms with E-state index in [2.05, 4.69) is 5.32 Å². The average Bonchev–Trinajstić information content (AvgIpc) is 2.37. The van der Waals surface area contributed by atoms with E-state index in [4.69, 9.17) is 16.3 Å². The number of nitrogens with one attached hydrogen (secondary N) is 1. The Morgan fingerprint density at radius 1 is 1.35 bits per heavy atom. The summed E-state index contributed by atoms with van der Waals surface area (Å²) in [5, 5.41) is 3.13. The molecule has 0 unspecified atom stereocenters. The van der Waals surface area contributed by atoms with Gasteiger partial charge in [-0.2, -0.15) is 0 Å². The zero-order valence-electron chi connectivity index (χ0n) is 11.4. The monoisotopic (exact) mass is 319 g/mol. The van der Waals surface area contributed by atoms with E-state index in [1.54, 1.807) is 6.92 Å². The Labute approximate surface area is 124 Å². The fourth-order valence-electron chi connectivity index (χ4n) is 1.63. The number of hydrogen-bond acceptors (Lipinski definition) is 4. The predicted octanol–water partition coefficient (Wildman–Crippen LogP) is 1.65. The highest BCUT2D eigenvalue weighted by molar-refractivity contribution is 7.91. The second-order valence-electron chi connectivity index (χ2n) is 4.45. The van der Waals surface area contributed by atoms with Gasteiger partial charge in [0.15, 0.2) is 9.84 Å². The molecule has 0 radical (unpaired) electrons. The van der Waals surface area contributed by atoms with Gasteiger partial charge >= 0.3 is 0 Å².